The first-order chi connectivity index (χ1) is 10.1. The van der Waals surface area contributed by atoms with Gasteiger partial charge in [0.2, 0.25) is 0 Å². The molecule has 0 aromatic heterocycles. The summed E-state index contributed by atoms with van der Waals surface area (Å²) in [5.41, 5.74) is 11.2. The highest BCUT2D eigenvalue weighted by atomic mass is 79.9. The molecule has 0 aliphatic carbocycles. The zero-order valence-corrected chi connectivity index (χ0v) is 13.9. The van der Waals surface area contributed by atoms with Crippen molar-refractivity contribution in [2.75, 3.05) is 11.4 Å². The van der Waals surface area contributed by atoms with Crippen molar-refractivity contribution in [2.45, 2.75) is 32.2 Å². The summed E-state index contributed by atoms with van der Waals surface area (Å²) < 4.78 is 1.15. The van der Waals surface area contributed by atoms with Gasteiger partial charge < -0.3 is 10.6 Å². The number of nitrogens with two attached hydrogens (primary N) is 1. The predicted octanol–water partition coefficient (Wildman–Crippen LogP) is 4.42. The van der Waals surface area contributed by atoms with Gasteiger partial charge in [-0.1, -0.05) is 40.2 Å². The van der Waals surface area contributed by atoms with Crippen molar-refractivity contribution in [3.63, 3.8) is 0 Å². The zero-order valence-electron chi connectivity index (χ0n) is 12.3. The van der Waals surface area contributed by atoms with Gasteiger partial charge in [0.25, 0.3) is 0 Å². The third-order valence-corrected chi connectivity index (χ3v) is 4.74. The molecule has 1 unspecified atom stereocenters. The van der Waals surface area contributed by atoms with E-state index in [-0.39, 0.29) is 6.04 Å². The molecule has 0 fully saturated rings. The minimum Gasteiger partial charge on any atom is -0.341 e. The molecule has 3 rings (SSSR count). The first kappa shape index (κ1) is 14.6. The first-order valence-electron chi connectivity index (χ1n) is 7.54. The van der Waals surface area contributed by atoms with Crippen molar-refractivity contribution in [1.29, 1.82) is 0 Å². The van der Waals surface area contributed by atoms with Gasteiger partial charge in [-0.05, 0) is 55.5 Å². The highest BCUT2D eigenvalue weighted by molar-refractivity contribution is 9.10. The van der Waals surface area contributed by atoms with Crippen LogP contribution in [0.3, 0.4) is 0 Å². The van der Waals surface area contributed by atoms with Crippen LogP contribution in [0.4, 0.5) is 11.4 Å². The van der Waals surface area contributed by atoms with E-state index >= 15 is 0 Å². The standard InChI is InChI=1S/C18H21BrN2/c1-13(20)11-15-8-9-16(12-17(15)19)21-10-4-6-14-5-2-3-7-18(14)21/h2-3,5,7-9,12-13H,4,6,10-11,20H2,1H3. The smallest absolute Gasteiger partial charge is 0.0443 e. The zero-order chi connectivity index (χ0) is 14.8. The lowest BCUT2D eigenvalue weighted by molar-refractivity contribution is 0.735. The largest absolute Gasteiger partial charge is 0.341 e. The van der Waals surface area contributed by atoms with Crippen LogP contribution in [0.25, 0.3) is 0 Å². The van der Waals surface area contributed by atoms with E-state index in [2.05, 4.69) is 63.3 Å². The van der Waals surface area contributed by atoms with Crippen LogP contribution >= 0.6 is 15.9 Å². The number of anilines is 2. The van der Waals surface area contributed by atoms with E-state index in [1.807, 2.05) is 6.92 Å². The van der Waals surface area contributed by atoms with Crippen LogP contribution in [0, 0.1) is 0 Å². The fourth-order valence-corrected chi connectivity index (χ4v) is 3.55. The SMILES string of the molecule is CC(N)Cc1ccc(N2CCCc3ccccc32)cc1Br. The maximum atomic E-state index is 5.91. The number of nitrogens with zero attached hydrogens (tertiary/aromatic N) is 1. The van der Waals surface area contributed by atoms with Crippen molar-refractivity contribution >= 4 is 27.3 Å². The molecule has 2 N–H and O–H groups in total. The van der Waals surface area contributed by atoms with Gasteiger partial charge in [0.15, 0.2) is 0 Å². The molecule has 0 saturated carbocycles. The van der Waals surface area contributed by atoms with Gasteiger partial charge in [-0.15, -0.1) is 0 Å². The predicted molar refractivity (Wildman–Crippen MR) is 93.3 cm³/mol. The summed E-state index contributed by atoms with van der Waals surface area (Å²) in [6, 6.07) is 15.5. The highest BCUT2D eigenvalue weighted by Gasteiger charge is 2.18. The number of halogens is 1. The Morgan fingerprint density at radius 2 is 2.05 bits per heavy atom. The fraction of sp³-hybridized carbons (Fsp3) is 0.333. The third-order valence-electron chi connectivity index (χ3n) is 4.00. The van der Waals surface area contributed by atoms with E-state index in [9.17, 15) is 0 Å². The summed E-state index contributed by atoms with van der Waals surface area (Å²) in [6.07, 6.45) is 3.28. The average molecular weight is 345 g/mol. The summed E-state index contributed by atoms with van der Waals surface area (Å²) in [5.74, 6) is 0. The minimum atomic E-state index is 0.183. The summed E-state index contributed by atoms with van der Waals surface area (Å²) in [4.78, 5) is 2.42. The highest BCUT2D eigenvalue weighted by Crippen LogP contribution is 2.35. The Labute approximate surface area is 135 Å². The number of fused-ring (bicyclic) bond motifs is 1. The molecule has 2 aromatic rings. The molecule has 2 aromatic carbocycles. The molecule has 0 saturated heterocycles. The molecule has 1 heterocycles. The molecule has 1 aliphatic heterocycles. The second-order valence-corrected chi connectivity index (χ2v) is 6.70. The number of aryl methyl sites for hydroxylation is 1. The maximum absolute atomic E-state index is 5.91. The van der Waals surface area contributed by atoms with Crippen LogP contribution in [-0.4, -0.2) is 12.6 Å². The third kappa shape index (κ3) is 3.14. The second kappa shape index (κ2) is 6.20. The molecular weight excluding hydrogens is 324 g/mol. The first-order valence-corrected chi connectivity index (χ1v) is 8.34. The fourth-order valence-electron chi connectivity index (χ4n) is 3.02. The van der Waals surface area contributed by atoms with E-state index in [1.54, 1.807) is 0 Å². The van der Waals surface area contributed by atoms with Gasteiger partial charge in [0.1, 0.15) is 0 Å². The summed E-state index contributed by atoms with van der Waals surface area (Å²) in [7, 11) is 0. The normalized spacial score (nSPS) is 15.7. The summed E-state index contributed by atoms with van der Waals surface area (Å²) in [6.45, 7) is 3.12. The molecular formula is C18H21BrN2. The number of rotatable bonds is 3. The van der Waals surface area contributed by atoms with E-state index in [0.29, 0.717) is 0 Å². The molecule has 0 radical (unpaired) electrons. The Morgan fingerprint density at radius 3 is 2.81 bits per heavy atom. The lowest BCUT2D eigenvalue weighted by Gasteiger charge is -2.31. The monoisotopic (exact) mass is 344 g/mol. The van der Waals surface area contributed by atoms with Crippen LogP contribution in [0.15, 0.2) is 46.9 Å². The molecule has 0 spiro atoms. The topological polar surface area (TPSA) is 29.3 Å². The van der Waals surface area contributed by atoms with Crippen LogP contribution in [0.2, 0.25) is 0 Å². The molecule has 0 amide bonds. The van der Waals surface area contributed by atoms with Crippen LogP contribution in [-0.2, 0) is 12.8 Å². The number of para-hydroxylation sites is 1. The molecule has 1 aliphatic rings. The quantitative estimate of drug-likeness (QED) is 0.892. The Balaban J connectivity index is 1.93. The van der Waals surface area contributed by atoms with Crippen molar-refractivity contribution in [3.05, 3.63) is 58.1 Å². The van der Waals surface area contributed by atoms with Gasteiger partial charge in [-0.2, -0.15) is 0 Å². The molecule has 0 bridgehead atoms. The molecule has 3 heteroatoms. The van der Waals surface area contributed by atoms with Crippen molar-refractivity contribution in [2.24, 2.45) is 5.73 Å². The molecule has 21 heavy (non-hydrogen) atoms. The van der Waals surface area contributed by atoms with Crippen molar-refractivity contribution in [1.82, 2.24) is 0 Å². The molecule has 2 nitrogen and oxygen atoms in total. The lowest BCUT2D eigenvalue weighted by atomic mass is 10.0. The van der Waals surface area contributed by atoms with E-state index in [4.69, 9.17) is 5.73 Å². The Hall–Kier alpha value is -1.32. The van der Waals surface area contributed by atoms with E-state index in [1.165, 1.54) is 35.3 Å². The molecule has 110 valence electrons. The van der Waals surface area contributed by atoms with Crippen molar-refractivity contribution in [3.8, 4) is 0 Å². The van der Waals surface area contributed by atoms with Gasteiger partial charge in [-0.25, -0.2) is 0 Å². The van der Waals surface area contributed by atoms with Crippen LogP contribution in [0.5, 0.6) is 0 Å². The van der Waals surface area contributed by atoms with Gasteiger partial charge in [-0.3, -0.25) is 0 Å². The molecule has 1 atom stereocenters. The number of hydrogen-bond donors (Lipinski definition) is 1. The van der Waals surface area contributed by atoms with Crippen LogP contribution in [0.1, 0.15) is 24.5 Å². The van der Waals surface area contributed by atoms with Gasteiger partial charge >= 0.3 is 0 Å². The Morgan fingerprint density at radius 1 is 1.24 bits per heavy atom. The lowest BCUT2D eigenvalue weighted by Crippen LogP contribution is -2.24. The maximum Gasteiger partial charge on any atom is 0.0443 e. The number of benzene rings is 2. The minimum absolute atomic E-state index is 0.183. The van der Waals surface area contributed by atoms with Crippen molar-refractivity contribution < 1.29 is 0 Å². The number of hydrogen-bond acceptors (Lipinski definition) is 2. The van der Waals surface area contributed by atoms with E-state index in [0.717, 1.165) is 17.4 Å². The summed E-state index contributed by atoms with van der Waals surface area (Å²) >= 11 is 3.70. The second-order valence-electron chi connectivity index (χ2n) is 5.84. The average Bonchev–Trinajstić information content (AvgIpc) is 2.48. The van der Waals surface area contributed by atoms with Gasteiger partial charge in [0, 0.05) is 28.4 Å². The Kier molecular flexibility index (Phi) is 4.32. The van der Waals surface area contributed by atoms with E-state index < -0.39 is 0 Å². The Bertz CT molecular complexity index is 637. The van der Waals surface area contributed by atoms with Crippen LogP contribution < -0.4 is 10.6 Å². The van der Waals surface area contributed by atoms with Gasteiger partial charge in [0.05, 0.1) is 0 Å². The summed E-state index contributed by atoms with van der Waals surface area (Å²) in [5, 5.41) is 0.